The van der Waals surface area contributed by atoms with Gasteiger partial charge in [0.1, 0.15) is 0 Å². The summed E-state index contributed by atoms with van der Waals surface area (Å²) < 4.78 is 5.60. The summed E-state index contributed by atoms with van der Waals surface area (Å²) in [6.45, 7) is 4.80. The highest BCUT2D eigenvalue weighted by atomic mass is 127. The molecular weight excluding hydrogens is 389 g/mol. The SMILES string of the molecule is CCc1ccc(CCNC(=NC)NCC2CCCO2)cc1.I. The van der Waals surface area contributed by atoms with Gasteiger partial charge in [0, 0.05) is 26.7 Å². The molecule has 2 N–H and O–H groups in total. The highest BCUT2D eigenvalue weighted by Gasteiger charge is 2.15. The summed E-state index contributed by atoms with van der Waals surface area (Å²) >= 11 is 0. The van der Waals surface area contributed by atoms with Crippen molar-refractivity contribution in [3.8, 4) is 0 Å². The van der Waals surface area contributed by atoms with Crippen molar-refractivity contribution in [2.45, 2.75) is 38.7 Å². The van der Waals surface area contributed by atoms with Gasteiger partial charge in [0.15, 0.2) is 5.96 Å². The molecule has 0 spiro atoms. The first kappa shape index (κ1) is 19.2. The molecule has 0 aliphatic carbocycles. The molecule has 2 rings (SSSR count). The first-order valence-corrected chi connectivity index (χ1v) is 7.95. The van der Waals surface area contributed by atoms with Gasteiger partial charge in [0.05, 0.1) is 6.10 Å². The lowest BCUT2D eigenvalue weighted by molar-refractivity contribution is 0.114. The van der Waals surface area contributed by atoms with E-state index in [-0.39, 0.29) is 24.0 Å². The van der Waals surface area contributed by atoms with E-state index in [1.54, 1.807) is 7.05 Å². The topological polar surface area (TPSA) is 45.7 Å². The van der Waals surface area contributed by atoms with Gasteiger partial charge in [-0.3, -0.25) is 4.99 Å². The molecule has 0 amide bonds. The quantitative estimate of drug-likeness (QED) is 0.425. The normalized spacial score (nSPS) is 17.9. The van der Waals surface area contributed by atoms with E-state index in [4.69, 9.17) is 4.74 Å². The van der Waals surface area contributed by atoms with Crippen LogP contribution in [-0.4, -0.2) is 38.8 Å². The van der Waals surface area contributed by atoms with E-state index < -0.39 is 0 Å². The minimum Gasteiger partial charge on any atom is -0.376 e. The second-order valence-corrected chi connectivity index (χ2v) is 5.43. The molecule has 1 fully saturated rings. The number of benzene rings is 1. The summed E-state index contributed by atoms with van der Waals surface area (Å²) in [5.74, 6) is 0.857. The summed E-state index contributed by atoms with van der Waals surface area (Å²) in [5, 5.41) is 6.68. The molecule has 0 bridgehead atoms. The highest BCUT2D eigenvalue weighted by Crippen LogP contribution is 2.10. The Morgan fingerprint density at radius 1 is 1.23 bits per heavy atom. The molecule has 0 saturated carbocycles. The van der Waals surface area contributed by atoms with Crippen molar-refractivity contribution >= 4 is 29.9 Å². The molecule has 22 heavy (non-hydrogen) atoms. The number of nitrogens with zero attached hydrogens (tertiary/aromatic N) is 1. The first-order chi connectivity index (χ1) is 10.3. The van der Waals surface area contributed by atoms with E-state index in [2.05, 4.69) is 46.8 Å². The van der Waals surface area contributed by atoms with Crippen LogP contribution in [0.4, 0.5) is 0 Å². The molecule has 1 heterocycles. The number of rotatable bonds is 6. The zero-order chi connectivity index (χ0) is 14.9. The molecule has 1 aliphatic heterocycles. The Balaban J connectivity index is 0.00000242. The zero-order valence-corrected chi connectivity index (χ0v) is 15.9. The summed E-state index contributed by atoms with van der Waals surface area (Å²) in [6, 6.07) is 8.84. The summed E-state index contributed by atoms with van der Waals surface area (Å²) in [4.78, 5) is 4.25. The number of guanidine groups is 1. The van der Waals surface area contributed by atoms with E-state index in [0.717, 1.165) is 44.9 Å². The van der Waals surface area contributed by atoms with Gasteiger partial charge in [0.25, 0.3) is 0 Å². The predicted molar refractivity (Wildman–Crippen MR) is 103 cm³/mol. The van der Waals surface area contributed by atoms with Gasteiger partial charge in [0.2, 0.25) is 0 Å². The van der Waals surface area contributed by atoms with Crippen LogP contribution >= 0.6 is 24.0 Å². The third-order valence-corrected chi connectivity index (χ3v) is 3.88. The van der Waals surface area contributed by atoms with Gasteiger partial charge in [-0.1, -0.05) is 31.2 Å². The maximum atomic E-state index is 5.60. The van der Waals surface area contributed by atoms with Crippen molar-refractivity contribution in [3.63, 3.8) is 0 Å². The van der Waals surface area contributed by atoms with Crippen LogP contribution in [0, 0.1) is 0 Å². The molecule has 1 unspecified atom stereocenters. The molecule has 1 aliphatic rings. The van der Waals surface area contributed by atoms with Crippen LogP contribution < -0.4 is 10.6 Å². The molecular formula is C17H28IN3O. The zero-order valence-electron chi connectivity index (χ0n) is 13.6. The maximum absolute atomic E-state index is 5.60. The average Bonchev–Trinajstić information content (AvgIpc) is 3.04. The lowest BCUT2D eigenvalue weighted by atomic mass is 10.1. The third-order valence-electron chi connectivity index (χ3n) is 3.88. The third kappa shape index (κ3) is 6.52. The Kier molecular flexibility index (Phi) is 9.47. The number of ether oxygens (including phenoxy) is 1. The number of aliphatic imine (C=N–C) groups is 1. The minimum atomic E-state index is 0. The summed E-state index contributed by atoms with van der Waals surface area (Å²) in [5.41, 5.74) is 2.75. The molecule has 4 nitrogen and oxygen atoms in total. The van der Waals surface area contributed by atoms with Gasteiger partial charge in [-0.2, -0.15) is 0 Å². The monoisotopic (exact) mass is 417 g/mol. The molecule has 1 aromatic carbocycles. The average molecular weight is 417 g/mol. The highest BCUT2D eigenvalue weighted by molar-refractivity contribution is 14.0. The minimum absolute atomic E-state index is 0. The second-order valence-electron chi connectivity index (χ2n) is 5.43. The fourth-order valence-electron chi connectivity index (χ4n) is 2.50. The molecule has 124 valence electrons. The standard InChI is InChI=1S/C17H27N3O.HI/c1-3-14-6-8-15(9-7-14)10-11-19-17(18-2)20-13-16-5-4-12-21-16;/h6-9,16H,3-5,10-13H2,1-2H3,(H2,18,19,20);1H. The van der Waals surface area contributed by atoms with Crippen molar-refractivity contribution < 1.29 is 4.74 Å². The number of halogens is 1. The lowest BCUT2D eigenvalue weighted by Crippen LogP contribution is -2.41. The van der Waals surface area contributed by atoms with Crippen LogP contribution in [0.2, 0.25) is 0 Å². The number of hydrogen-bond acceptors (Lipinski definition) is 2. The molecule has 5 heteroatoms. The number of aryl methyl sites for hydroxylation is 1. The Morgan fingerprint density at radius 3 is 2.55 bits per heavy atom. The summed E-state index contributed by atoms with van der Waals surface area (Å²) in [6.07, 6.45) is 4.76. The van der Waals surface area contributed by atoms with Crippen molar-refractivity contribution in [1.29, 1.82) is 0 Å². The molecule has 1 aromatic rings. The molecule has 0 radical (unpaired) electrons. The number of nitrogens with one attached hydrogen (secondary N) is 2. The Hall–Kier alpha value is -0.820. The van der Waals surface area contributed by atoms with E-state index >= 15 is 0 Å². The van der Waals surface area contributed by atoms with Crippen LogP contribution in [0.25, 0.3) is 0 Å². The first-order valence-electron chi connectivity index (χ1n) is 7.95. The van der Waals surface area contributed by atoms with Crippen LogP contribution in [0.3, 0.4) is 0 Å². The van der Waals surface area contributed by atoms with Crippen LogP contribution in [0.1, 0.15) is 30.9 Å². The van der Waals surface area contributed by atoms with Crippen LogP contribution in [0.5, 0.6) is 0 Å². The summed E-state index contributed by atoms with van der Waals surface area (Å²) in [7, 11) is 1.81. The Morgan fingerprint density at radius 2 is 1.95 bits per heavy atom. The fraction of sp³-hybridized carbons (Fsp3) is 0.588. The predicted octanol–water partition coefficient (Wildman–Crippen LogP) is 2.75. The van der Waals surface area contributed by atoms with Crippen molar-refractivity contribution in [2.75, 3.05) is 26.7 Å². The van der Waals surface area contributed by atoms with Crippen LogP contribution in [0.15, 0.2) is 29.3 Å². The van der Waals surface area contributed by atoms with E-state index in [1.165, 1.54) is 17.5 Å². The Bertz CT molecular complexity index is 442. The van der Waals surface area contributed by atoms with Crippen molar-refractivity contribution in [1.82, 2.24) is 10.6 Å². The molecule has 1 saturated heterocycles. The fourth-order valence-corrected chi connectivity index (χ4v) is 2.50. The van der Waals surface area contributed by atoms with Gasteiger partial charge in [-0.25, -0.2) is 0 Å². The smallest absolute Gasteiger partial charge is 0.191 e. The van der Waals surface area contributed by atoms with Gasteiger partial charge < -0.3 is 15.4 Å². The lowest BCUT2D eigenvalue weighted by Gasteiger charge is -2.15. The molecule has 1 atom stereocenters. The Labute approximate surface area is 151 Å². The number of hydrogen-bond donors (Lipinski definition) is 2. The van der Waals surface area contributed by atoms with E-state index in [1.807, 2.05) is 0 Å². The largest absolute Gasteiger partial charge is 0.376 e. The van der Waals surface area contributed by atoms with E-state index in [0.29, 0.717) is 6.10 Å². The second kappa shape index (κ2) is 10.8. The van der Waals surface area contributed by atoms with Crippen molar-refractivity contribution in [3.05, 3.63) is 35.4 Å². The van der Waals surface area contributed by atoms with Gasteiger partial charge in [-0.15, -0.1) is 24.0 Å². The van der Waals surface area contributed by atoms with Gasteiger partial charge >= 0.3 is 0 Å². The van der Waals surface area contributed by atoms with Crippen molar-refractivity contribution in [2.24, 2.45) is 4.99 Å². The molecule has 0 aromatic heterocycles. The van der Waals surface area contributed by atoms with E-state index in [9.17, 15) is 0 Å². The maximum Gasteiger partial charge on any atom is 0.191 e. The van der Waals surface area contributed by atoms with Crippen LogP contribution in [-0.2, 0) is 17.6 Å². The van der Waals surface area contributed by atoms with Gasteiger partial charge in [-0.05, 0) is 36.8 Å².